The van der Waals surface area contributed by atoms with E-state index >= 15 is 0 Å². The first-order valence-electron chi connectivity index (χ1n) is 4.39. The van der Waals surface area contributed by atoms with E-state index in [0.717, 1.165) is 6.42 Å². The molecule has 0 aliphatic heterocycles. The third-order valence-corrected chi connectivity index (χ3v) is 2.07. The zero-order chi connectivity index (χ0) is 9.52. The Kier molecular flexibility index (Phi) is 4.58. The van der Waals surface area contributed by atoms with Crippen molar-refractivity contribution in [3.63, 3.8) is 0 Å². The number of halogens is 1. The molecule has 13 heavy (non-hydrogen) atoms. The maximum absolute atomic E-state index is 5.59. The van der Waals surface area contributed by atoms with Crippen LogP contribution < -0.4 is 5.73 Å². The molecule has 0 aromatic heterocycles. The Morgan fingerprint density at radius 1 is 1.31 bits per heavy atom. The molecule has 0 amide bonds. The highest BCUT2D eigenvalue weighted by Gasteiger charge is 1.93. The number of hydrogen-bond donors (Lipinski definition) is 1. The maximum atomic E-state index is 5.59. The summed E-state index contributed by atoms with van der Waals surface area (Å²) in [5.74, 6) is 0.668. The molecule has 0 bridgehead atoms. The van der Waals surface area contributed by atoms with Crippen molar-refractivity contribution >= 4 is 17.7 Å². The maximum Gasteiger partial charge on any atom is 0.0258 e. The Morgan fingerprint density at radius 2 is 2.08 bits per heavy atom. The SMILES string of the molecule is NCc1ccccc1C=CCCCl. The minimum Gasteiger partial charge on any atom is -0.326 e. The Labute approximate surface area is 84.2 Å². The van der Waals surface area contributed by atoms with Gasteiger partial charge >= 0.3 is 0 Å². The summed E-state index contributed by atoms with van der Waals surface area (Å²) in [4.78, 5) is 0. The van der Waals surface area contributed by atoms with Crippen molar-refractivity contribution in [1.29, 1.82) is 0 Å². The molecule has 2 heteroatoms. The van der Waals surface area contributed by atoms with E-state index in [-0.39, 0.29) is 0 Å². The first kappa shape index (κ1) is 10.3. The van der Waals surface area contributed by atoms with E-state index in [1.165, 1.54) is 11.1 Å². The van der Waals surface area contributed by atoms with Gasteiger partial charge < -0.3 is 5.73 Å². The van der Waals surface area contributed by atoms with Crippen LogP contribution in [0.15, 0.2) is 30.3 Å². The molecule has 0 atom stereocenters. The normalized spacial score (nSPS) is 10.9. The third-order valence-electron chi connectivity index (χ3n) is 1.85. The molecule has 0 spiro atoms. The summed E-state index contributed by atoms with van der Waals surface area (Å²) >= 11 is 5.57. The summed E-state index contributed by atoms with van der Waals surface area (Å²) < 4.78 is 0. The van der Waals surface area contributed by atoms with Crippen molar-refractivity contribution in [3.05, 3.63) is 41.5 Å². The van der Waals surface area contributed by atoms with Gasteiger partial charge in [0.1, 0.15) is 0 Å². The fourth-order valence-corrected chi connectivity index (χ4v) is 1.28. The molecule has 0 aliphatic carbocycles. The Hall–Kier alpha value is -0.790. The Bertz CT molecular complexity index is 281. The van der Waals surface area contributed by atoms with Crippen molar-refractivity contribution in [2.24, 2.45) is 5.73 Å². The molecule has 0 saturated heterocycles. The van der Waals surface area contributed by atoms with Crippen molar-refractivity contribution in [2.45, 2.75) is 13.0 Å². The second-order valence-electron chi connectivity index (χ2n) is 2.78. The lowest BCUT2D eigenvalue weighted by atomic mass is 10.1. The van der Waals surface area contributed by atoms with Gasteiger partial charge in [0.15, 0.2) is 0 Å². The first-order chi connectivity index (χ1) is 6.38. The standard InChI is InChI=1S/C11H14ClN/c12-8-4-3-6-10-5-1-2-7-11(10)9-13/h1-3,5-7H,4,8-9,13H2. The van der Waals surface area contributed by atoms with E-state index in [2.05, 4.69) is 18.2 Å². The molecule has 1 rings (SSSR count). The molecule has 70 valence electrons. The van der Waals surface area contributed by atoms with Crippen LogP contribution in [0.25, 0.3) is 6.08 Å². The monoisotopic (exact) mass is 195 g/mol. The van der Waals surface area contributed by atoms with Crippen LogP contribution in [0.4, 0.5) is 0 Å². The lowest BCUT2D eigenvalue weighted by molar-refractivity contribution is 1.07. The van der Waals surface area contributed by atoms with Gasteiger partial charge in [0.05, 0.1) is 0 Å². The average molecular weight is 196 g/mol. The molecule has 1 aromatic rings. The number of benzene rings is 1. The minimum absolute atomic E-state index is 0.585. The molecule has 1 nitrogen and oxygen atoms in total. The minimum atomic E-state index is 0.585. The molecule has 0 unspecified atom stereocenters. The van der Waals surface area contributed by atoms with Crippen LogP contribution in [0.2, 0.25) is 0 Å². The molecule has 0 aliphatic rings. The number of alkyl halides is 1. The summed E-state index contributed by atoms with van der Waals surface area (Å²) in [5.41, 5.74) is 7.96. The molecular formula is C11H14ClN. The van der Waals surface area contributed by atoms with Crippen LogP contribution in [-0.4, -0.2) is 5.88 Å². The molecule has 0 fully saturated rings. The van der Waals surface area contributed by atoms with Gasteiger partial charge in [-0.25, -0.2) is 0 Å². The summed E-state index contributed by atoms with van der Waals surface area (Å²) in [6.07, 6.45) is 5.05. The van der Waals surface area contributed by atoms with E-state index in [0.29, 0.717) is 12.4 Å². The summed E-state index contributed by atoms with van der Waals surface area (Å²) in [6.45, 7) is 0.585. The van der Waals surface area contributed by atoms with E-state index in [1.807, 2.05) is 18.2 Å². The van der Waals surface area contributed by atoms with Crippen LogP contribution in [0.5, 0.6) is 0 Å². The predicted molar refractivity (Wildman–Crippen MR) is 58.7 cm³/mol. The quantitative estimate of drug-likeness (QED) is 0.735. The molecule has 0 saturated carbocycles. The van der Waals surface area contributed by atoms with Gasteiger partial charge in [-0.1, -0.05) is 36.4 Å². The number of rotatable bonds is 4. The Balaban J connectivity index is 2.74. The number of nitrogens with two attached hydrogens (primary N) is 1. The van der Waals surface area contributed by atoms with E-state index in [1.54, 1.807) is 0 Å². The van der Waals surface area contributed by atoms with Crippen LogP contribution in [0, 0.1) is 0 Å². The van der Waals surface area contributed by atoms with E-state index in [4.69, 9.17) is 17.3 Å². The second-order valence-corrected chi connectivity index (χ2v) is 3.16. The van der Waals surface area contributed by atoms with Gasteiger partial charge in [0.25, 0.3) is 0 Å². The van der Waals surface area contributed by atoms with Gasteiger partial charge in [-0.15, -0.1) is 11.6 Å². The largest absolute Gasteiger partial charge is 0.326 e. The fraction of sp³-hybridized carbons (Fsp3) is 0.273. The van der Waals surface area contributed by atoms with Crippen LogP contribution >= 0.6 is 11.6 Å². The van der Waals surface area contributed by atoms with Crippen molar-refractivity contribution in [2.75, 3.05) is 5.88 Å². The molecular weight excluding hydrogens is 182 g/mol. The van der Waals surface area contributed by atoms with Gasteiger partial charge in [-0.2, -0.15) is 0 Å². The summed E-state index contributed by atoms with van der Waals surface area (Å²) in [6, 6.07) is 8.12. The lowest BCUT2D eigenvalue weighted by Crippen LogP contribution is -1.98. The Morgan fingerprint density at radius 3 is 2.77 bits per heavy atom. The highest BCUT2D eigenvalue weighted by Crippen LogP contribution is 2.10. The second kappa shape index (κ2) is 5.79. The molecule has 1 aromatic carbocycles. The highest BCUT2D eigenvalue weighted by molar-refractivity contribution is 6.17. The third kappa shape index (κ3) is 3.21. The lowest BCUT2D eigenvalue weighted by Gasteiger charge is -2.01. The van der Waals surface area contributed by atoms with Crippen LogP contribution in [0.1, 0.15) is 17.5 Å². The smallest absolute Gasteiger partial charge is 0.0258 e. The highest BCUT2D eigenvalue weighted by atomic mass is 35.5. The van der Waals surface area contributed by atoms with E-state index < -0.39 is 0 Å². The van der Waals surface area contributed by atoms with Gasteiger partial charge in [0, 0.05) is 12.4 Å². The summed E-state index contributed by atoms with van der Waals surface area (Å²) in [7, 11) is 0. The van der Waals surface area contributed by atoms with Crippen molar-refractivity contribution < 1.29 is 0 Å². The predicted octanol–water partition coefficient (Wildman–Crippen LogP) is 2.79. The first-order valence-corrected chi connectivity index (χ1v) is 4.92. The zero-order valence-corrected chi connectivity index (χ0v) is 8.30. The molecule has 0 radical (unpaired) electrons. The van der Waals surface area contributed by atoms with Gasteiger partial charge in [0.2, 0.25) is 0 Å². The van der Waals surface area contributed by atoms with Crippen LogP contribution in [0.3, 0.4) is 0 Å². The number of allylic oxidation sites excluding steroid dienone is 1. The molecule has 2 N–H and O–H groups in total. The topological polar surface area (TPSA) is 26.0 Å². The van der Waals surface area contributed by atoms with E-state index in [9.17, 15) is 0 Å². The van der Waals surface area contributed by atoms with Crippen molar-refractivity contribution in [3.8, 4) is 0 Å². The zero-order valence-electron chi connectivity index (χ0n) is 7.54. The molecule has 0 heterocycles. The van der Waals surface area contributed by atoms with Gasteiger partial charge in [-0.05, 0) is 17.5 Å². The van der Waals surface area contributed by atoms with Gasteiger partial charge in [-0.3, -0.25) is 0 Å². The van der Waals surface area contributed by atoms with Crippen molar-refractivity contribution in [1.82, 2.24) is 0 Å². The fourth-order valence-electron chi connectivity index (χ4n) is 1.16. The van der Waals surface area contributed by atoms with Crippen LogP contribution in [-0.2, 0) is 6.54 Å². The summed E-state index contributed by atoms with van der Waals surface area (Å²) in [5, 5.41) is 0. The average Bonchev–Trinajstić information content (AvgIpc) is 2.19. The number of hydrogen-bond acceptors (Lipinski definition) is 1.